The zero-order chi connectivity index (χ0) is 27.0. The predicted octanol–water partition coefficient (Wildman–Crippen LogP) is 6.57. The molecule has 1 amide bonds. The minimum Gasteiger partial charge on any atom is -0.493 e. The van der Waals surface area contributed by atoms with Crippen LogP contribution in [0.3, 0.4) is 0 Å². The Morgan fingerprint density at radius 3 is 2.22 bits per heavy atom. The topological polar surface area (TPSA) is 51.1 Å². The number of anilines is 1. The fourth-order valence-corrected chi connectivity index (χ4v) is 3.78. The molecule has 0 atom stereocenters. The Morgan fingerprint density at radius 1 is 0.973 bits per heavy atom. The van der Waals surface area contributed by atoms with E-state index in [2.05, 4.69) is 5.10 Å². The number of halogens is 7. The van der Waals surface area contributed by atoms with Crippen LogP contribution in [0.25, 0.3) is 6.08 Å². The van der Waals surface area contributed by atoms with E-state index in [-0.39, 0.29) is 50.5 Å². The highest BCUT2D eigenvalue weighted by Crippen LogP contribution is 2.39. The van der Waals surface area contributed by atoms with E-state index < -0.39 is 46.5 Å². The van der Waals surface area contributed by atoms with E-state index in [4.69, 9.17) is 21.1 Å². The molecule has 0 bridgehead atoms. The first-order valence-electron chi connectivity index (χ1n) is 10.4. The van der Waals surface area contributed by atoms with E-state index in [1.54, 1.807) is 6.07 Å². The van der Waals surface area contributed by atoms with Gasteiger partial charge in [-0.2, -0.15) is 10.1 Å². The maximum absolute atomic E-state index is 14.3. The highest BCUT2D eigenvalue weighted by molar-refractivity contribution is 6.33. The van der Waals surface area contributed by atoms with Crippen molar-refractivity contribution in [2.45, 2.75) is 13.5 Å². The lowest BCUT2D eigenvalue weighted by Gasteiger charge is -2.15. The molecule has 3 aromatic rings. The summed E-state index contributed by atoms with van der Waals surface area (Å²) in [6.45, 7) is 1.14. The van der Waals surface area contributed by atoms with Gasteiger partial charge in [-0.15, -0.1) is 0 Å². The monoisotopic (exact) mass is 540 g/mol. The summed E-state index contributed by atoms with van der Waals surface area (Å²) in [7, 11) is 1.32. The number of benzene rings is 3. The number of carbonyl (C=O) groups is 1. The Balaban J connectivity index is 1.67. The summed E-state index contributed by atoms with van der Waals surface area (Å²) in [6.07, 6.45) is 1.24. The van der Waals surface area contributed by atoms with Crippen molar-refractivity contribution in [2.24, 2.45) is 5.10 Å². The molecule has 0 N–H and O–H groups in total. The van der Waals surface area contributed by atoms with Gasteiger partial charge in [0, 0.05) is 5.56 Å². The third-order valence-electron chi connectivity index (χ3n) is 5.35. The van der Waals surface area contributed by atoms with E-state index >= 15 is 0 Å². The standard InChI is InChI=1S/C25H15ClF6N2O3/c1-11-14(25(35)34(33-11)23-21(31)19(29)18(28)20(30)22(23)32)7-12-8-15(26)24(17(9-12)36-2)37-10-13-5-3-4-6-16(13)27/h3-9H,10H2,1-2H3/b14-7+. The molecule has 0 fully saturated rings. The lowest BCUT2D eigenvalue weighted by Crippen LogP contribution is -2.25. The fourth-order valence-electron chi connectivity index (χ4n) is 3.51. The van der Waals surface area contributed by atoms with Gasteiger partial charge in [0.05, 0.1) is 23.4 Å². The summed E-state index contributed by atoms with van der Waals surface area (Å²) >= 11 is 6.32. The quantitative estimate of drug-likeness (QED) is 0.154. The summed E-state index contributed by atoms with van der Waals surface area (Å²) in [4.78, 5) is 12.9. The van der Waals surface area contributed by atoms with Gasteiger partial charge < -0.3 is 9.47 Å². The molecule has 0 saturated carbocycles. The van der Waals surface area contributed by atoms with Gasteiger partial charge in [0.25, 0.3) is 5.91 Å². The van der Waals surface area contributed by atoms with Crippen LogP contribution in [0, 0.1) is 34.9 Å². The van der Waals surface area contributed by atoms with Crippen LogP contribution in [0.15, 0.2) is 47.1 Å². The summed E-state index contributed by atoms with van der Waals surface area (Å²) in [6, 6.07) is 8.74. The van der Waals surface area contributed by atoms with Crippen molar-refractivity contribution in [3.8, 4) is 11.5 Å². The van der Waals surface area contributed by atoms with Crippen molar-refractivity contribution in [3.05, 3.63) is 93.0 Å². The highest BCUT2D eigenvalue weighted by atomic mass is 35.5. The highest BCUT2D eigenvalue weighted by Gasteiger charge is 2.37. The molecular formula is C25H15ClF6N2O3. The van der Waals surface area contributed by atoms with Crippen molar-refractivity contribution in [1.29, 1.82) is 0 Å². The Morgan fingerprint density at radius 2 is 1.59 bits per heavy atom. The number of hydrogen-bond donors (Lipinski definition) is 0. The van der Waals surface area contributed by atoms with E-state index in [1.165, 1.54) is 50.4 Å². The molecule has 37 heavy (non-hydrogen) atoms. The number of amides is 1. The van der Waals surface area contributed by atoms with E-state index in [1.807, 2.05) is 0 Å². The summed E-state index contributed by atoms with van der Waals surface area (Å²) < 4.78 is 94.0. The van der Waals surface area contributed by atoms with Crippen molar-refractivity contribution in [1.82, 2.24) is 0 Å². The second kappa shape index (κ2) is 10.2. The Labute approximate surface area is 211 Å². The lowest BCUT2D eigenvalue weighted by molar-refractivity contribution is -0.114. The molecule has 12 heteroatoms. The van der Waals surface area contributed by atoms with E-state index in [0.29, 0.717) is 0 Å². The van der Waals surface area contributed by atoms with Gasteiger partial charge in [0.1, 0.15) is 18.1 Å². The number of nitrogens with zero attached hydrogens (tertiary/aromatic N) is 2. The first-order valence-corrected chi connectivity index (χ1v) is 10.8. The molecule has 1 heterocycles. The van der Waals surface area contributed by atoms with Gasteiger partial charge in [-0.05, 0) is 36.8 Å². The van der Waals surface area contributed by atoms with Gasteiger partial charge >= 0.3 is 0 Å². The molecular weight excluding hydrogens is 526 g/mol. The first kappa shape index (κ1) is 26.1. The van der Waals surface area contributed by atoms with Crippen LogP contribution in [-0.2, 0) is 11.4 Å². The Hall–Kier alpha value is -3.99. The molecule has 5 nitrogen and oxygen atoms in total. The van der Waals surface area contributed by atoms with Gasteiger partial charge in [0.2, 0.25) is 5.82 Å². The smallest absolute Gasteiger partial charge is 0.280 e. The minimum absolute atomic E-state index is 0.0270. The maximum atomic E-state index is 14.3. The number of ether oxygens (including phenoxy) is 2. The molecule has 4 rings (SSSR count). The van der Waals surface area contributed by atoms with Gasteiger partial charge in [-0.1, -0.05) is 29.8 Å². The zero-order valence-corrected chi connectivity index (χ0v) is 19.8. The van der Waals surface area contributed by atoms with E-state index in [9.17, 15) is 31.1 Å². The minimum atomic E-state index is -2.36. The lowest BCUT2D eigenvalue weighted by atomic mass is 10.1. The average Bonchev–Trinajstić information content (AvgIpc) is 3.14. The third kappa shape index (κ3) is 4.74. The number of carbonyl (C=O) groups excluding carboxylic acids is 1. The molecule has 3 aromatic carbocycles. The Bertz CT molecular complexity index is 1460. The maximum Gasteiger partial charge on any atom is 0.280 e. The number of hydrogen-bond acceptors (Lipinski definition) is 4. The van der Waals surface area contributed by atoms with Crippen molar-refractivity contribution in [3.63, 3.8) is 0 Å². The van der Waals surface area contributed by atoms with Crippen LogP contribution in [0.5, 0.6) is 11.5 Å². The molecule has 0 aromatic heterocycles. The third-order valence-corrected chi connectivity index (χ3v) is 5.63. The van der Waals surface area contributed by atoms with Crippen LogP contribution in [0.4, 0.5) is 32.0 Å². The summed E-state index contributed by atoms with van der Waals surface area (Å²) in [5.74, 6) is -12.6. The molecule has 1 aliphatic rings. The second-order valence-electron chi connectivity index (χ2n) is 7.69. The predicted molar refractivity (Wildman–Crippen MR) is 124 cm³/mol. The van der Waals surface area contributed by atoms with Crippen LogP contribution < -0.4 is 14.5 Å². The molecule has 0 saturated heterocycles. The molecule has 1 aliphatic heterocycles. The second-order valence-corrected chi connectivity index (χ2v) is 8.10. The Kier molecular flexibility index (Phi) is 7.17. The van der Waals surface area contributed by atoms with Crippen LogP contribution >= 0.6 is 11.6 Å². The molecule has 192 valence electrons. The number of rotatable bonds is 6. The SMILES string of the molecule is COc1cc(/C=C2/C(=O)N(c3c(F)c(F)c(F)c(F)c3F)N=C2C)cc(Cl)c1OCc1ccccc1F. The molecule has 0 spiro atoms. The first-order chi connectivity index (χ1) is 17.5. The number of methoxy groups -OCH3 is 1. The van der Waals surface area contributed by atoms with Gasteiger partial charge in [-0.25, -0.2) is 26.3 Å². The summed E-state index contributed by atoms with van der Waals surface area (Å²) in [5, 5.41) is 3.80. The van der Waals surface area contributed by atoms with Crippen molar-refractivity contribution in [2.75, 3.05) is 12.1 Å². The van der Waals surface area contributed by atoms with Crippen LogP contribution in [0.1, 0.15) is 18.1 Å². The summed E-state index contributed by atoms with van der Waals surface area (Å²) in [5.41, 5.74) is -1.25. The molecule has 0 unspecified atom stereocenters. The normalized spacial score (nSPS) is 14.4. The molecule has 0 radical (unpaired) electrons. The van der Waals surface area contributed by atoms with Gasteiger partial charge in [0.15, 0.2) is 34.8 Å². The number of hydrazone groups is 1. The van der Waals surface area contributed by atoms with E-state index in [0.717, 1.165) is 0 Å². The molecule has 0 aliphatic carbocycles. The largest absolute Gasteiger partial charge is 0.493 e. The van der Waals surface area contributed by atoms with Gasteiger partial charge in [-0.3, -0.25) is 4.79 Å². The van der Waals surface area contributed by atoms with Crippen molar-refractivity contribution < 1.29 is 40.6 Å². The van der Waals surface area contributed by atoms with Crippen molar-refractivity contribution >= 4 is 35.0 Å². The fraction of sp³-hybridized carbons (Fsp3) is 0.120. The van der Waals surface area contributed by atoms with Crippen LogP contribution in [-0.4, -0.2) is 18.7 Å². The van der Waals surface area contributed by atoms with Crippen LogP contribution in [0.2, 0.25) is 5.02 Å². The average molecular weight is 541 g/mol. The zero-order valence-electron chi connectivity index (χ0n) is 19.0.